The maximum absolute atomic E-state index is 13.3. The zero-order valence-corrected chi connectivity index (χ0v) is 11.8. The first kappa shape index (κ1) is 14.3. The van der Waals surface area contributed by atoms with Crippen molar-refractivity contribution in [2.45, 2.75) is 31.1 Å². The van der Waals surface area contributed by atoms with Gasteiger partial charge in [0.1, 0.15) is 5.82 Å². The van der Waals surface area contributed by atoms with Crippen LogP contribution in [-0.2, 0) is 10.0 Å². The number of nitrogen functional groups attached to an aromatic ring is 1. The van der Waals surface area contributed by atoms with Crippen molar-refractivity contribution in [3.05, 3.63) is 24.0 Å². The van der Waals surface area contributed by atoms with Crippen molar-refractivity contribution in [1.29, 1.82) is 0 Å². The van der Waals surface area contributed by atoms with Crippen molar-refractivity contribution in [2.24, 2.45) is 5.92 Å². The Morgan fingerprint density at radius 1 is 1.37 bits per heavy atom. The highest BCUT2D eigenvalue weighted by atomic mass is 32.2. The first-order valence-corrected chi connectivity index (χ1v) is 7.93. The maximum Gasteiger partial charge on any atom is 0.243 e. The van der Waals surface area contributed by atoms with Gasteiger partial charge in [0.05, 0.1) is 4.90 Å². The summed E-state index contributed by atoms with van der Waals surface area (Å²) in [7, 11) is -3.65. The summed E-state index contributed by atoms with van der Waals surface area (Å²) in [5.41, 5.74) is 5.64. The van der Waals surface area contributed by atoms with Crippen LogP contribution in [-0.4, -0.2) is 25.8 Å². The lowest BCUT2D eigenvalue weighted by molar-refractivity contribution is 0.250. The molecule has 0 amide bonds. The number of anilines is 1. The van der Waals surface area contributed by atoms with E-state index in [0.717, 1.165) is 31.4 Å². The Hall–Kier alpha value is -1.14. The van der Waals surface area contributed by atoms with Crippen LogP contribution in [0.3, 0.4) is 0 Å². The van der Waals surface area contributed by atoms with Gasteiger partial charge in [-0.3, -0.25) is 0 Å². The molecule has 1 aromatic carbocycles. The number of benzene rings is 1. The van der Waals surface area contributed by atoms with Crippen LogP contribution < -0.4 is 5.73 Å². The van der Waals surface area contributed by atoms with Crippen LogP contribution >= 0.6 is 0 Å². The van der Waals surface area contributed by atoms with Crippen LogP contribution in [0.5, 0.6) is 0 Å². The van der Waals surface area contributed by atoms with E-state index in [1.807, 2.05) is 0 Å². The average Bonchev–Trinajstić information content (AvgIpc) is 2.26. The van der Waals surface area contributed by atoms with Gasteiger partial charge < -0.3 is 5.73 Å². The molecule has 0 saturated heterocycles. The minimum absolute atomic E-state index is 0.0637. The fraction of sp³-hybridized carbons (Fsp3) is 0.538. The predicted octanol–water partition coefficient (Wildman–Crippen LogP) is 2.22. The quantitative estimate of drug-likeness (QED) is 0.844. The number of nitrogens with zero attached hydrogens (tertiary/aromatic N) is 1. The van der Waals surface area contributed by atoms with Crippen LogP contribution in [0, 0.1) is 11.7 Å². The highest BCUT2D eigenvalue weighted by Gasteiger charge is 2.28. The number of hydrogen-bond acceptors (Lipinski definition) is 3. The largest absolute Gasteiger partial charge is 0.399 e. The minimum Gasteiger partial charge on any atom is -0.399 e. The number of rotatable bonds is 5. The van der Waals surface area contributed by atoms with E-state index in [-0.39, 0.29) is 10.6 Å². The third kappa shape index (κ3) is 3.06. The highest BCUT2D eigenvalue weighted by molar-refractivity contribution is 7.89. The summed E-state index contributed by atoms with van der Waals surface area (Å²) < 4.78 is 39.6. The first-order chi connectivity index (χ1) is 8.93. The van der Waals surface area contributed by atoms with Gasteiger partial charge in [-0.15, -0.1) is 0 Å². The SMILES string of the molecule is CCN(CC1CCC1)S(=O)(=O)c1cc(N)cc(F)c1. The second-order valence-electron chi connectivity index (χ2n) is 4.97. The van der Waals surface area contributed by atoms with Crippen molar-refractivity contribution in [1.82, 2.24) is 4.31 Å². The van der Waals surface area contributed by atoms with E-state index >= 15 is 0 Å². The zero-order chi connectivity index (χ0) is 14.0. The molecule has 0 spiro atoms. The summed E-state index contributed by atoms with van der Waals surface area (Å²) >= 11 is 0. The lowest BCUT2D eigenvalue weighted by Gasteiger charge is -2.31. The zero-order valence-electron chi connectivity index (χ0n) is 11.0. The number of nitrogens with two attached hydrogens (primary N) is 1. The molecule has 2 N–H and O–H groups in total. The predicted molar refractivity (Wildman–Crippen MR) is 72.6 cm³/mol. The summed E-state index contributed by atoms with van der Waals surface area (Å²) in [6.45, 7) is 2.68. The summed E-state index contributed by atoms with van der Waals surface area (Å²) in [4.78, 5) is -0.0637. The normalized spacial score (nSPS) is 16.6. The molecule has 106 valence electrons. The number of hydrogen-bond donors (Lipinski definition) is 1. The van der Waals surface area contributed by atoms with Crippen LogP contribution in [0.25, 0.3) is 0 Å². The van der Waals surface area contributed by atoms with Crippen molar-refractivity contribution in [3.63, 3.8) is 0 Å². The second kappa shape index (κ2) is 5.46. The Kier molecular flexibility index (Phi) is 4.10. The van der Waals surface area contributed by atoms with E-state index < -0.39 is 15.8 Å². The van der Waals surface area contributed by atoms with E-state index in [1.54, 1.807) is 6.92 Å². The molecule has 6 heteroatoms. The van der Waals surface area contributed by atoms with Crippen molar-refractivity contribution in [3.8, 4) is 0 Å². The van der Waals surface area contributed by atoms with Gasteiger partial charge in [-0.1, -0.05) is 13.3 Å². The van der Waals surface area contributed by atoms with Gasteiger partial charge in [-0.25, -0.2) is 12.8 Å². The number of sulfonamides is 1. The summed E-state index contributed by atoms with van der Waals surface area (Å²) in [6, 6.07) is 3.44. The second-order valence-corrected chi connectivity index (χ2v) is 6.91. The van der Waals surface area contributed by atoms with Crippen molar-refractivity contribution < 1.29 is 12.8 Å². The fourth-order valence-corrected chi connectivity index (χ4v) is 3.83. The molecule has 1 saturated carbocycles. The Bertz CT molecular complexity index is 536. The standard InChI is InChI=1S/C13H19FN2O2S/c1-2-16(9-10-4-3-5-10)19(17,18)13-7-11(14)6-12(15)8-13/h6-8,10H,2-5,9,15H2,1H3. The minimum atomic E-state index is -3.65. The van der Waals surface area contributed by atoms with Gasteiger partial charge in [0.15, 0.2) is 0 Å². The molecular weight excluding hydrogens is 267 g/mol. The first-order valence-electron chi connectivity index (χ1n) is 6.49. The number of halogens is 1. The van der Waals surface area contributed by atoms with Crippen molar-refractivity contribution in [2.75, 3.05) is 18.8 Å². The van der Waals surface area contributed by atoms with E-state index in [2.05, 4.69) is 0 Å². The van der Waals surface area contributed by atoms with Crippen LogP contribution in [0.4, 0.5) is 10.1 Å². The molecule has 2 rings (SSSR count). The molecule has 0 radical (unpaired) electrons. The van der Waals surface area contributed by atoms with Gasteiger partial charge in [0.25, 0.3) is 0 Å². The van der Waals surface area contributed by atoms with Gasteiger partial charge >= 0.3 is 0 Å². The van der Waals surface area contributed by atoms with Crippen LogP contribution in [0.2, 0.25) is 0 Å². The molecule has 1 aliphatic rings. The molecular formula is C13H19FN2O2S. The summed E-state index contributed by atoms with van der Waals surface area (Å²) in [5.74, 6) is -0.195. The monoisotopic (exact) mass is 286 g/mol. The molecule has 0 bridgehead atoms. The molecule has 0 aromatic heterocycles. The van der Waals surface area contributed by atoms with E-state index in [9.17, 15) is 12.8 Å². The lowest BCUT2D eigenvalue weighted by atomic mass is 9.85. The van der Waals surface area contributed by atoms with E-state index in [0.29, 0.717) is 19.0 Å². The molecule has 4 nitrogen and oxygen atoms in total. The Balaban J connectivity index is 2.27. The lowest BCUT2D eigenvalue weighted by Crippen LogP contribution is -2.37. The molecule has 19 heavy (non-hydrogen) atoms. The van der Waals surface area contributed by atoms with Gasteiger partial charge in [-0.2, -0.15) is 4.31 Å². The Morgan fingerprint density at radius 2 is 2.05 bits per heavy atom. The van der Waals surface area contributed by atoms with Crippen LogP contribution in [0.1, 0.15) is 26.2 Å². The molecule has 0 unspecified atom stereocenters. The van der Waals surface area contributed by atoms with Crippen molar-refractivity contribution >= 4 is 15.7 Å². The third-order valence-electron chi connectivity index (χ3n) is 3.57. The van der Waals surface area contributed by atoms with Gasteiger partial charge in [0, 0.05) is 18.8 Å². The average molecular weight is 286 g/mol. The van der Waals surface area contributed by atoms with Gasteiger partial charge in [0.2, 0.25) is 10.0 Å². The summed E-state index contributed by atoms with van der Waals surface area (Å²) in [5, 5.41) is 0. The van der Waals surface area contributed by atoms with E-state index in [4.69, 9.17) is 5.73 Å². The Labute approximate surface area is 113 Å². The fourth-order valence-electron chi connectivity index (χ4n) is 2.24. The van der Waals surface area contributed by atoms with E-state index in [1.165, 1.54) is 10.4 Å². The molecule has 1 fully saturated rings. The summed E-state index contributed by atoms with van der Waals surface area (Å²) in [6.07, 6.45) is 3.30. The topological polar surface area (TPSA) is 63.4 Å². The van der Waals surface area contributed by atoms with Crippen LogP contribution in [0.15, 0.2) is 23.1 Å². The Morgan fingerprint density at radius 3 is 2.53 bits per heavy atom. The molecule has 0 aliphatic heterocycles. The molecule has 0 atom stereocenters. The third-order valence-corrected chi connectivity index (χ3v) is 5.49. The molecule has 1 aromatic rings. The molecule has 0 heterocycles. The van der Waals surface area contributed by atoms with Gasteiger partial charge in [-0.05, 0) is 37.0 Å². The maximum atomic E-state index is 13.3. The smallest absolute Gasteiger partial charge is 0.243 e. The highest BCUT2D eigenvalue weighted by Crippen LogP contribution is 2.29. The molecule has 1 aliphatic carbocycles.